The van der Waals surface area contributed by atoms with Crippen molar-refractivity contribution in [2.75, 3.05) is 7.11 Å². The summed E-state index contributed by atoms with van der Waals surface area (Å²) in [5, 5.41) is 19.3. The van der Waals surface area contributed by atoms with Gasteiger partial charge in [-0.25, -0.2) is 14.3 Å². The van der Waals surface area contributed by atoms with Crippen molar-refractivity contribution >= 4 is 32.8 Å². The van der Waals surface area contributed by atoms with Crippen LogP contribution in [-0.2, 0) is 26.9 Å². The minimum atomic E-state index is -1.35. The summed E-state index contributed by atoms with van der Waals surface area (Å²) in [5.74, 6) is -0.936. The zero-order chi connectivity index (χ0) is 26.0. The molecule has 4 rings (SSSR count). The molecule has 0 spiro atoms. The van der Waals surface area contributed by atoms with Gasteiger partial charge in [0.15, 0.2) is 0 Å². The van der Waals surface area contributed by atoms with Crippen molar-refractivity contribution in [3.63, 3.8) is 0 Å². The maximum Gasteiger partial charge on any atom is 0.328 e. The Morgan fingerprint density at radius 2 is 1.94 bits per heavy atom. The lowest BCUT2D eigenvalue weighted by molar-refractivity contribution is -0.146. The Morgan fingerprint density at radius 3 is 2.56 bits per heavy atom. The molecule has 0 radical (unpaired) electrons. The van der Waals surface area contributed by atoms with Crippen LogP contribution in [0.2, 0.25) is 0 Å². The molecule has 0 aliphatic heterocycles. The van der Waals surface area contributed by atoms with Crippen molar-refractivity contribution in [3.8, 4) is 0 Å². The van der Waals surface area contributed by atoms with Crippen molar-refractivity contribution in [1.82, 2.24) is 14.8 Å². The molecule has 0 amide bonds. The molecule has 0 aliphatic carbocycles. The Hall–Kier alpha value is -3.30. The van der Waals surface area contributed by atoms with Gasteiger partial charge in [-0.05, 0) is 54.8 Å². The SMILES string of the molecule is COC(=O)C(CC(C)(O)c1ccc(CBr)cc1)n1c(C)c(Cc2ccc(=O)[nH]n2)c2cc(F)ccc21. The number of hydrogen-bond acceptors (Lipinski definition) is 5. The van der Waals surface area contributed by atoms with Crippen molar-refractivity contribution in [2.45, 2.75) is 43.7 Å². The van der Waals surface area contributed by atoms with Crippen LogP contribution >= 0.6 is 15.9 Å². The number of aliphatic hydroxyl groups is 1. The highest BCUT2D eigenvalue weighted by Crippen LogP contribution is 2.37. The monoisotopic (exact) mass is 555 g/mol. The number of ether oxygens (including phenoxy) is 1. The fourth-order valence-electron chi connectivity index (χ4n) is 4.62. The predicted octanol–water partition coefficient (Wildman–Crippen LogP) is 4.67. The lowest BCUT2D eigenvalue weighted by Crippen LogP contribution is -2.32. The summed E-state index contributed by atoms with van der Waals surface area (Å²) >= 11 is 3.42. The molecule has 4 aromatic rings. The zero-order valence-corrected chi connectivity index (χ0v) is 21.8. The maximum atomic E-state index is 14.3. The average molecular weight is 556 g/mol. The number of alkyl halides is 1. The van der Waals surface area contributed by atoms with E-state index in [0.717, 1.165) is 11.1 Å². The van der Waals surface area contributed by atoms with Crippen molar-refractivity contribution < 1.29 is 19.0 Å². The van der Waals surface area contributed by atoms with Crippen molar-refractivity contribution in [1.29, 1.82) is 0 Å². The van der Waals surface area contributed by atoms with Crippen LogP contribution in [0.1, 0.15) is 47.5 Å². The standard InChI is InChI=1S/C27H27BrFN3O4/c1-16-21(13-20-9-11-25(33)31-30-20)22-12-19(29)8-10-23(22)32(16)24(26(34)36-3)14-27(2,35)18-6-4-17(15-28)5-7-18/h4-12,24,35H,13-15H2,1-3H3,(H,31,33). The minimum absolute atomic E-state index is 0.0334. The molecule has 7 nitrogen and oxygen atoms in total. The van der Waals surface area contributed by atoms with Crippen LogP contribution in [0.5, 0.6) is 0 Å². The Balaban J connectivity index is 1.83. The van der Waals surface area contributed by atoms with Crippen LogP contribution in [-0.4, -0.2) is 33.0 Å². The van der Waals surface area contributed by atoms with E-state index in [2.05, 4.69) is 26.1 Å². The summed E-state index contributed by atoms with van der Waals surface area (Å²) < 4.78 is 21.3. The largest absolute Gasteiger partial charge is 0.467 e. The smallest absolute Gasteiger partial charge is 0.328 e. The summed E-state index contributed by atoms with van der Waals surface area (Å²) in [7, 11) is 1.31. The number of benzene rings is 2. The van der Waals surface area contributed by atoms with E-state index in [4.69, 9.17) is 4.74 Å². The molecule has 0 bridgehead atoms. The number of H-pyrrole nitrogens is 1. The number of hydrogen-bond donors (Lipinski definition) is 2. The summed E-state index contributed by atoms with van der Waals surface area (Å²) in [6.45, 7) is 3.51. The number of nitrogens with one attached hydrogen (secondary N) is 1. The predicted molar refractivity (Wildman–Crippen MR) is 139 cm³/mol. The first-order valence-corrected chi connectivity index (χ1v) is 12.6. The molecule has 2 heterocycles. The fourth-order valence-corrected chi connectivity index (χ4v) is 5.00. The van der Waals surface area contributed by atoms with Gasteiger partial charge < -0.3 is 14.4 Å². The van der Waals surface area contributed by atoms with Gasteiger partial charge in [-0.15, -0.1) is 0 Å². The Morgan fingerprint density at radius 1 is 1.22 bits per heavy atom. The van der Waals surface area contributed by atoms with E-state index in [1.165, 1.54) is 25.3 Å². The molecule has 2 aromatic heterocycles. The number of fused-ring (bicyclic) bond motifs is 1. The summed E-state index contributed by atoms with van der Waals surface area (Å²) in [5.41, 5.74) is 2.76. The van der Waals surface area contributed by atoms with Gasteiger partial charge in [-0.2, -0.15) is 5.10 Å². The van der Waals surface area contributed by atoms with E-state index >= 15 is 0 Å². The first-order valence-electron chi connectivity index (χ1n) is 11.4. The van der Waals surface area contributed by atoms with Gasteiger partial charge >= 0.3 is 5.97 Å². The van der Waals surface area contributed by atoms with Gasteiger partial charge in [0.1, 0.15) is 11.9 Å². The average Bonchev–Trinajstić information content (AvgIpc) is 3.13. The Kier molecular flexibility index (Phi) is 7.42. The number of aromatic nitrogens is 3. The molecule has 0 saturated carbocycles. The molecular formula is C27H27BrFN3O4. The molecule has 188 valence electrons. The first kappa shape index (κ1) is 25.8. The summed E-state index contributed by atoms with van der Waals surface area (Å²) in [4.78, 5) is 24.5. The molecule has 2 aromatic carbocycles. The summed E-state index contributed by atoms with van der Waals surface area (Å²) in [6.07, 6.45) is 0.347. The second kappa shape index (κ2) is 10.4. The number of nitrogens with zero attached hydrogens (tertiary/aromatic N) is 2. The van der Waals surface area contributed by atoms with Crippen molar-refractivity contribution in [3.05, 3.63) is 98.8 Å². The Bertz CT molecular complexity index is 1440. The van der Waals surface area contributed by atoms with Crippen LogP contribution in [0.25, 0.3) is 10.9 Å². The molecule has 2 atom stereocenters. The van der Waals surface area contributed by atoms with E-state index in [0.29, 0.717) is 39.6 Å². The van der Waals surface area contributed by atoms with E-state index in [9.17, 15) is 19.1 Å². The first-order chi connectivity index (χ1) is 17.1. The minimum Gasteiger partial charge on any atom is -0.467 e. The second-order valence-electron chi connectivity index (χ2n) is 9.03. The number of carbonyl (C=O) groups excluding carboxylic acids is 1. The highest BCUT2D eigenvalue weighted by atomic mass is 79.9. The quantitative estimate of drug-likeness (QED) is 0.243. The topological polar surface area (TPSA) is 97.2 Å². The molecule has 0 aliphatic rings. The molecule has 36 heavy (non-hydrogen) atoms. The van der Waals surface area contributed by atoms with E-state index < -0.39 is 23.4 Å². The number of methoxy groups -OCH3 is 1. The van der Waals surface area contributed by atoms with E-state index in [1.54, 1.807) is 23.6 Å². The highest BCUT2D eigenvalue weighted by Gasteiger charge is 2.35. The third-order valence-electron chi connectivity index (χ3n) is 6.54. The number of aromatic amines is 1. The number of esters is 1. The third kappa shape index (κ3) is 5.12. The van der Waals surface area contributed by atoms with E-state index in [1.807, 2.05) is 31.2 Å². The van der Waals surface area contributed by atoms with Gasteiger partial charge in [-0.1, -0.05) is 40.2 Å². The molecular weight excluding hydrogens is 529 g/mol. The van der Waals surface area contributed by atoms with Gasteiger partial charge in [0, 0.05) is 40.8 Å². The van der Waals surface area contributed by atoms with Crippen LogP contribution in [0, 0.1) is 12.7 Å². The van der Waals surface area contributed by atoms with Crippen LogP contribution in [0.3, 0.4) is 0 Å². The number of carbonyl (C=O) groups is 1. The highest BCUT2D eigenvalue weighted by molar-refractivity contribution is 9.08. The van der Waals surface area contributed by atoms with Gasteiger partial charge in [-0.3, -0.25) is 4.79 Å². The lowest BCUT2D eigenvalue weighted by Gasteiger charge is -2.30. The van der Waals surface area contributed by atoms with Gasteiger partial charge in [0.25, 0.3) is 5.56 Å². The number of rotatable bonds is 8. The zero-order valence-electron chi connectivity index (χ0n) is 20.2. The van der Waals surface area contributed by atoms with Crippen LogP contribution in [0.15, 0.2) is 59.4 Å². The molecule has 0 fully saturated rings. The molecule has 2 N–H and O–H groups in total. The van der Waals surface area contributed by atoms with E-state index in [-0.39, 0.29) is 12.0 Å². The maximum absolute atomic E-state index is 14.3. The third-order valence-corrected chi connectivity index (χ3v) is 7.19. The van der Waals surface area contributed by atoms with Crippen molar-refractivity contribution in [2.24, 2.45) is 0 Å². The van der Waals surface area contributed by atoms with Gasteiger partial charge in [0.05, 0.1) is 18.4 Å². The number of halogens is 2. The molecule has 2 unspecified atom stereocenters. The fraction of sp³-hybridized carbons (Fsp3) is 0.296. The van der Waals surface area contributed by atoms with Crippen LogP contribution in [0.4, 0.5) is 4.39 Å². The second-order valence-corrected chi connectivity index (χ2v) is 9.59. The summed E-state index contributed by atoms with van der Waals surface area (Å²) in [6, 6.07) is 14.0. The molecule has 9 heteroatoms. The van der Waals surface area contributed by atoms with Crippen LogP contribution < -0.4 is 5.56 Å². The Labute approximate surface area is 216 Å². The molecule has 0 saturated heterocycles. The normalized spacial score (nSPS) is 13.9. The lowest BCUT2D eigenvalue weighted by atomic mass is 9.88. The van der Waals surface area contributed by atoms with Gasteiger partial charge in [0.2, 0.25) is 0 Å².